The lowest BCUT2D eigenvalue weighted by molar-refractivity contribution is -0.142. The molecule has 3 saturated heterocycles. The molecule has 4 heterocycles. The fourth-order valence-electron chi connectivity index (χ4n) is 5.59. The Morgan fingerprint density at radius 3 is 2.47 bits per heavy atom. The molecule has 3 aliphatic heterocycles. The lowest BCUT2D eigenvalue weighted by Crippen LogP contribution is -2.50. The van der Waals surface area contributed by atoms with E-state index in [0.717, 1.165) is 83.3 Å². The number of carbonyl (C=O) groups excluding carboxylic acids is 1. The molecule has 0 radical (unpaired) electrons. The van der Waals surface area contributed by atoms with E-state index in [1.54, 1.807) is 0 Å². The molecular formula is C23H36N4O3. The summed E-state index contributed by atoms with van der Waals surface area (Å²) in [5, 5.41) is 8.48. The van der Waals surface area contributed by atoms with Gasteiger partial charge < -0.3 is 14.1 Å². The number of likely N-dealkylation sites (tertiary alicyclic amines) is 2. The van der Waals surface area contributed by atoms with Crippen LogP contribution in [0.4, 0.5) is 0 Å². The highest BCUT2D eigenvalue weighted by Crippen LogP contribution is 2.39. The zero-order valence-electron chi connectivity index (χ0n) is 18.1. The summed E-state index contributed by atoms with van der Waals surface area (Å²) in [5.74, 6) is 3.32. The molecule has 1 saturated carbocycles. The van der Waals surface area contributed by atoms with Crippen LogP contribution < -0.4 is 0 Å². The predicted octanol–water partition coefficient (Wildman–Crippen LogP) is 3.36. The Morgan fingerprint density at radius 1 is 0.900 bits per heavy atom. The van der Waals surface area contributed by atoms with Crippen molar-refractivity contribution in [2.24, 2.45) is 11.8 Å². The number of aromatic nitrogens is 2. The van der Waals surface area contributed by atoms with E-state index >= 15 is 0 Å². The minimum atomic E-state index is 0.178. The van der Waals surface area contributed by atoms with Gasteiger partial charge in [-0.15, -0.1) is 10.2 Å². The van der Waals surface area contributed by atoms with Crippen LogP contribution in [-0.4, -0.2) is 64.8 Å². The van der Waals surface area contributed by atoms with Gasteiger partial charge in [-0.1, -0.05) is 12.8 Å². The monoisotopic (exact) mass is 416 g/mol. The SMILES string of the molecule is O=C(C1CCOCC1)N1CCCCC[C@@H]1C1CCN(Cc2nnc(C3CC3)o2)CC1. The molecule has 30 heavy (non-hydrogen) atoms. The van der Waals surface area contributed by atoms with Crippen LogP contribution in [0.15, 0.2) is 4.42 Å². The van der Waals surface area contributed by atoms with Gasteiger partial charge in [0.1, 0.15) is 0 Å². The van der Waals surface area contributed by atoms with Crippen molar-refractivity contribution in [3.8, 4) is 0 Å². The molecule has 1 amide bonds. The van der Waals surface area contributed by atoms with E-state index in [1.165, 1.54) is 32.1 Å². The number of amides is 1. The zero-order chi connectivity index (χ0) is 20.3. The van der Waals surface area contributed by atoms with Crippen LogP contribution in [0.3, 0.4) is 0 Å². The van der Waals surface area contributed by atoms with E-state index in [2.05, 4.69) is 20.0 Å². The minimum Gasteiger partial charge on any atom is -0.424 e. The third-order valence-electron chi connectivity index (χ3n) is 7.60. The van der Waals surface area contributed by atoms with Crippen LogP contribution >= 0.6 is 0 Å². The fraction of sp³-hybridized carbons (Fsp3) is 0.870. The van der Waals surface area contributed by atoms with Crippen LogP contribution in [0.1, 0.15) is 81.9 Å². The maximum absolute atomic E-state index is 13.4. The van der Waals surface area contributed by atoms with E-state index < -0.39 is 0 Å². The molecule has 7 nitrogen and oxygen atoms in total. The Balaban J connectivity index is 1.17. The zero-order valence-corrected chi connectivity index (χ0v) is 18.1. The van der Waals surface area contributed by atoms with Gasteiger partial charge >= 0.3 is 0 Å². The van der Waals surface area contributed by atoms with E-state index in [4.69, 9.17) is 9.15 Å². The molecule has 5 rings (SSSR count). The molecular weight excluding hydrogens is 380 g/mol. The number of rotatable bonds is 5. The average molecular weight is 417 g/mol. The van der Waals surface area contributed by atoms with Gasteiger partial charge in [0.2, 0.25) is 17.7 Å². The first-order valence-electron chi connectivity index (χ1n) is 12.2. The summed E-state index contributed by atoms with van der Waals surface area (Å²) >= 11 is 0. The Bertz CT molecular complexity index is 705. The molecule has 0 spiro atoms. The lowest BCUT2D eigenvalue weighted by atomic mass is 9.85. The molecule has 166 valence electrons. The summed E-state index contributed by atoms with van der Waals surface area (Å²) in [7, 11) is 0. The van der Waals surface area contributed by atoms with Gasteiger partial charge in [0.15, 0.2) is 0 Å². The smallest absolute Gasteiger partial charge is 0.230 e. The first kappa shape index (κ1) is 20.4. The van der Waals surface area contributed by atoms with Crippen molar-refractivity contribution < 1.29 is 13.9 Å². The summed E-state index contributed by atoms with van der Waals surface area (Å²) in [6.07, 6.45) is 11.3. The molecule has 1 atom stereocenters. The van der Waals surface area contributed by atoms with Crippen LogP contribution in [0.5, 0.6) is 0 Å². The van der Waals surface area contributed by atoms with Gasteiger partial charge in [0.25, 0.3) is 0 Å². The van der Waals surface area contributed by atoms with Crippen molar-refractivity contribution in [1.82, 2.24) is 20.0 Å². The second-order valence-corrected chi connectivity index (χ2v) is 9.76. The normalized spacial score (nSPS) is 27.9. The number of piperidine rings is 1. The van der Waals surface area contributed by atoms with Crippen LogP contribution in [0.25, 0.3) is 0 Å². The van der Waals surface area contributed by atoms with Crippen molar-refractivity contribution in [1.29, 1.82) is 0 Å². The van der Waals surface area contributed by atoms with Gasteiger partial charge in [-0.25, -0.2) is 0 Å². The van der Waals surface area contributed by atoms with Gasteiger partial charge in [0.05, 0.1) is 6.54 Å². The lowest BCUT2D eigenvalue weighted by Gasteiger charge is -2.42. The highest BCUT2D eigenvalue weighted by Gasteiger charge is 2.37. The Hall–Kier alpha value is -1.47. The molecule has 0 unspecified atom stereocenters. The second kappa shape index (κ2) is 9.35. The number of nitrogens with zero attached hydrogens (tertiary/aromatic N) is 4. The summed E-state index contributed by atoms with van der Waals surface area (Å²) in [6.45, 7) is 5.31. The molecule has 7 heteroatoms. The Kier molecular flexibility index (Phi) is 6.37. The van der Waals surface area contributed by atoms with Crippen LogP contribution in [0, 0.1) is 11.8 Å². The van der Waals surface area contributed by atoms with Crippen molar-refractivity contribution >= 4 is 5.91 Å². The highest BCUT2D eigenvalue weighted by molar-refractivity contribution is 5.79. The summed E-state index contributed by atoms with van der Waals surface area (Å²) in [5.41, 5.74) is 0. The summed E-state index contributed by atoms with van der Waals surface area (Å²) < 4.78 is 11.3. The topological polar surface area (TPSA) is 71.7 Å². The third kappa shape index (κ3) is 4.72. The molecule has 4 fully saturated rings. The van der Waals surface area contributed by atoms with Gasteiger partial charge in [-0.05, 0) is 70.4 Å². The molecule has 0 aromatic carbocycles. The average Bonchev–Trinajstić information content (AvgIpc) is 3.58. The van der Waals surface area contributed by atoms with E-state index in [-0.39, 0.29) is 5.92 Å². The first-order valence-corrected chi connectivity index (χ1v) is 12.2. The number of ether oxygens (including phenoxy) is 1. The summed E-state index contributed by atoms with van der Waals surface area (Å²) in [4.78, 5) is 18.1. The Labute approximate surface area is 179 Å². The van der Waals surface area contributed by atoms with Gasteiger partial charge in [-0.2, -0.15) is 0 Å². The molecule has 1 aromatic rings. The van der Waals surface area contributed by atoms with Crippen molar-refractivity contribution in [2.45, 2.75) is 82.7 Å². The van der Waals surface area contributed by atoms with E-state index in [0.29, 0.717) is 23.8 Å². The predicted molar refractivity (Wildman–Crippen MR) is 112 cm³/mol. The second-order valence-electron chi connectivity index (χ2n) is 9.76. The van der Waals surface area contributed by atoms with Crippen LogP contribution in [-0.2, 0) is 16.1 Å². The number of hydrogen-bond acceptors (Lipinski definition) is 6. The largest absolute Gasteiger partial charge is 0.424 e. The Morgan fingerprint density at radius 2 is 1.70 bits per heavy atom. The van der Waals surface area contributed by atoms with E-state index in [1.807, 2.05) is 0 Å². The van der Waals surface area contributed by atoms with Crippen molar-refractivity contribution in [3.63, 3.8) is 0 Å². The van der Waals surface area contributed by atoms with Gasteiger partial charge in [0, 0.05) is 37.6 Å². The van der Waals surface area contributed by atoms with Crippen molar-refractivity contribution in [2.75, 3.05) is 32.8 Å². The molecule has 0 bridgehead atoms. The van der Waals surface area contributed by atoms with Crippen molar-refractivity contribution in [3.05, 3.63) is 11.8 Å². The summed E-state index contributed by atoms with van der Waals surface area (Å²) in [6, 6.07) is 0.426. The molecule has 0 N–H and O–H groups in total. The molecule has 1 aliphatic carbocycles. The molecule has 4 aliphatic rings. The standard InChI is InChI=1S/C23H36N4O3/c28-23(19-9-14-29-15-10-19)27-11-3-1-2-4-20(27)17-7-12-26(13-8-17)16-21-24-25-22(30-21)18-5-6-18/h17-20H,1-16H2/t20-/m1/s1. The number of carbonyl (C=O) groups is 1. The highest BCUT2D eigenvalue weighted by atomic mass is 16.5. The fourth-order valence-corrected chi connectivity index (χ4v) is 5.59. The third-order valence-corrected chi connectivity index (χ3v) is 7.60. The maximum Gasteiger partial charge on any atom is 0.230 e. The molecule has 1 aromatic heterocycles. The maximum atomic E-state index is 13.4. The van der Waals surface area contributed by atoms with E-state index in [9.17, 15) is 4.79 Å². The first-order chi connectivity index (χ1) is 14.8. The van der Waals surface area contributed by atoms with Gasteiger partial charge in [-0.3, -0.25) is 9.69 Å². The number of hydrogen-bond donors (Lipinski definition) is 0. The minimum absolute atomic E-state index is 0.178. The quantitative estimate of drug-likeness (QED) is 0.733. The van der Waals surface area contributed by atoms with Crippen LogP contribution in [0.2, 0.25) is 0 Å².